The molecule has 1 saturated carbocycles. The minimum Gasteiger partial charge on any atom is -0.353 e. The molecule has 0 spiro atoms. The molecular formula is C21H25F3N6OS. The van der Waals surface area contributed by atoms with Crippen molar-refractivity contribution in [1.82, 2.24) is 9.97 Å². The molecule has 1 aliphatic heterocycles. The average Bonchev–Trinajstić information content (AvgIpc) is 2.65. The van der Waals surface area contributed by atoms with E-state index in [0.717, 1.165) is 31.2 Å². The van der Waals surface area contributed by atoms with Crippen LogP contribution in [0.25, 0.3) is 0 Å². The molecule has 172 valence electrons. The number of rotatable bonds is 7. The predicted molar refractivity (Wildman–Crippen MR) is 121 cm³/mol. The lowest BCUT2D eigenvalue weighted by atomic mass is 9.82. The topological polar surface area (TPSA) is 94.0 Å². The molecule has 2 aromatic rings. The monoisotopic (exact) mass is 466 g/mol. The molecule has 2 heterocycles. The standard InChI is InChI=1S/C21H25F3N6OS/c1-12-6-15(7-12)27-20-28-18(26-14-5-3-4-13(8-14)21(22,23)24)17(9-25)19(29-20)30-10-16(11-30)32(2)31/h3-5,8-9,12,15-16,25H,6-7,10-11H2,1-2H3,(H2,26,27,28,29). The van der Waals surface area contributed by atoms with Crippen molar-refractivity contribution < 1.29 is 17.4 Å². The largest absolute Gasteiger partial charge is 0.416 e. The van der Waals surface area contributed by atoms with E-state index in [0.29, 0.717) is 36.3 Å². The van der Waals surface area contributed by atoms with Crippen molar-refractivity contribution in [1.29, 1.82) is 5.41 Å². The van der Waals surface area contributed by atoms with Crippen LogP contribution in [0.1, 0.15) is 30.9 Å². The Labute approximate surface area is 186 Å². The number of halogens is 3. The fourth-order valence-corrected chi connectivity index (χ4v) is 4.70. The number of aromatic nitrogens is 2. The van der Waals surface area contributed by atoms with Crippen molar-refractivity contribution in [2.75, 3.05) is 34.9 Å². The molecule has 32 heavy (non-hydrogen) atoms. The molecule has 3 N–H and O–H groups in total. The second-order valence-electron chi connectivity index (χ2n) is 8.42. The van der Waals surface area contributed by atoms with Crippen molar-refractivity contribution in [3.05, 3.63) is 35.4 Å². The van der Waals surface area contributed by atoms with Crippen molar-refractivity contribution in [2.24, 2.45) is 5.92 Å². The molecular weight excluding hydrogens is 441 g/mol. The summed E-state index contributed by atoms with van der Waals surface area (Å²) in [6.07, 6.45) is 0.264. The molecule has 4 rings (SSSR count). The second kappa shape index (κ2) is 8.68. The van der Waals surface area contributed by atoms with Crippen LogP contribution in [-0.4, -0.2) is 51.0 Å². The fraction of sp³-hybridized carbons (Fsp3) is 0.476. The summed E-state index contributed by atoms with van der Waals surface area (Å²) < 4.78 is 51.2. The predicted octanol–water partition coefficient (Wildman–Crippen LogP) is 4.01. The molecule has 1 aromatic carbocycles. The molecule has 2 fully saturated rings. The van der Waals surface area contributed by atoms with Crippen LogP contribution in [0.3, 0.4) is 0 Å². The van der Waals surface area contributed by atoms with E-state index >= 15 is 0 Å². The van der Waals surface area contributed by atoms with Crippen molar-refractivity contribution in [3.63, 3.8) is 0 Å². The molecule has 2 aliphatic rings. The minimum absolute atomic E-state index is 0.0207. The van der Waals surface area contributed by atoms with Crippen LogP contribution in [0.15, 0.2) is 24.3 Å². The van der Waals surface area contributed by atoms with E-state index in [-0.39, 0.29) is 22.8 Å². The smallest absolute Gasteiger partial charge is 0.353 e. The number of hydrogen-bond acceptors (Lipinski definition) is 7. The van der Waals surface area contributed by atoms with E-state index in [9.17, 15) is 17.4 Å². The highest BCUT2D eigenvalue weighted by atomic mass is 32.2. The maximum atomic E-state index is 13.1. The van der Waals surface area contributed by atoms with Gasteiger partial charge in [0.15, 0.2) is 0 Å². The number of nitrogens with zero attached hydrogens (tertiary/aromatic N) is 3. The van der Waals surface area contributed by atoms with Gasteiger partial charge in [-0.1, -0.05) is 13.0 Å². The Balaban J connectivity index is 1.67. The number of hydrogen-bond donors (Lipinski definition) is 3. The lowest BCUT2D eigenvalue weighted by molar-refractivity contribution is -0.137. The maximum absolute atomic E-state index is 13.1. The van der Waals surface area contributed by atoms with Crippen LogP contribution >= 0.6 is 0 Å². The molecule has 0 radical (unpaired) electrons. The Bertz CT molecular complexity index is 1030. The molecule has 11 heteroatoms. The quantitative estimate of drug-likeness (QED) is 0.534. The molecule has 0 bridgehead atoms. The van der Waals surface area contributed by atoms with Crippen LogP contribution in [0.4, 0.5) is 36.4 Å². The van der Waals surface area contributed by atoms with E-state index in [4.69, 9.17) is 5.41 Å². The van der Waals surface area contributed by atoms with Gasteiger partial charge in [0, 0.05) is 48.1 Å². The first-order chi connectivity index (χ1) is 15.1. The van der Waals surface area contributed by atoms with E-state index in [1.807, 2.05) is 4.90 Å². The Morgan fingerprint density at radius 2 is 1.97 bits per heavy atom. The first-order valence-corrected chi connectivity index (χ1v) is 12.0. The minimum atomic E-state index is -4.46. The molecule has 7 nitrogen and oxygen atoms in total. The van der Waals surface area contributed by atoms with Gasteiger partial charge in [-0.2, -0.15) is 23.1 Å². The lowest BCUT2D eigenvalue weighted by Gasteiger charge is -2.40. The Morgan fingerprint density at radius 3 is 2.56 bits per heavy atom. The third-order valence-corrected chi connectivity index (χ3v) is 7.08. The van der Waals surface area contributed by atoms with Gasteiger partial charge in [0.25, 0.3) is 0 Å². The SMILES string of the molecule is CC1CC(Nc2nc(Nc3cccc(C(F)(F)F)c3)c(C=N)c(N3CC(S(C)=O)C3)n2)C1. The van der Waals surface area contributed by atoms with Gasteiger partial charge in [-0.15, -0.1) is 0 Å². The summed E-state index contributed by atoms with van der Waals surface area (Å²) in [7, 11) is -0.965. The summed E-state index contributed by atoms with van der Waals surface area (Å²) in [5.41, 5.74) is -0.187. The first-order valence-electron chi connectivity index (χ1n) is 10.3. The van der Waals surface area contributed by atoms with E-state index in [1.54, 1.807) is 6.26 Å². The molecule has 0 amide bonds. The van der Waals surface area contributed by atoms with Crippen molar-refractivity contribution >= 4 is 40.3 Å². The third kappa shape index (κ3) is 4.72. The van der Waals surface area contributed by atoms with Crippen LogP contribution in [0.2, 0.25) is 0 Å². The molecule has 1 unspecified atom stereocenters. The van der Waals surface area contributed by atoms with Crippen LogP contribution in [0.5, 0.6) is 0 Å². The van der Waals surface area contributed by atoms with Gasteiger partial charge in [0.1, 0.15) is 11.6 Å². The average molecular weight is 467 g/mol. The van der Waals surface area contributed by atoms with Crippen molar-refractivity contribution in [3.8, 4) is 0 Å². The van der Waals surface area contributed by atoms with E-state index in [2.05, 4.69) is 27.5 Å². The normalized spacial score (nSPS) is 22.0. The summed E-state index contributed by atoms with van der Waals surface area (Å²) >= 11 is 0. The Hall–Kier alpha value is -2.69. The van der Waals surface area contributed by atoms with Gasteiger partial charge < -0.3 is 20.9 Å². The van der Waals surface area contributed by atoms with Gasteiger partial charge in [-0.25, -0.2) is 0 Å². The summed E-state index contributed by atoms with van der Waals surface area (Å²) in [4.78, 5) is 11.0. The highest BCUT2D eigenvalue weighted by molar-refractivity contribution is 7.85. The Morgan fingerprint density at radius 1 is 1.25 bits per heavy atom. The van der Waals surface area contributed by atoms with Crippen LogP contribution < -0.4 is 15.5 Å². The zero-order valence-electron chi connectivity index (χ0n) is 17.7. The number of alkyl halides is 3. The lowest BCUT2D eigenvalue weighted by Crippen LogP contribution is -2.53. The van der Waals surface area contributed by atoms with Crippen LogP contribution in [0, 0.1) is 11.3 Å². The maximum Gasteiger partial charge on any atom is 0.416 e. The molecule has 1 aliphatic carbocycles. The van der Waals surface area contributed by atoms with Crippen LogP contribution in [-0.2, 0) is 17.0 Å². The highest BCUT2D eigenvalue weighted by Gasteiger charge is 2.34. The van der Waals surface area contributed by atoms with Crippen molar-refractivity contribution in [2.45, 2.75) is 37.2 Å². The molecule has 1 atom stereocenters. The van der Waals surface area contributed by atoms with Gasteiger partial charge in [0.2, 0.25) is 5.95 Å². The molecule has 1 aromatic heterocycles. The summed E-state index contributed by atoms with van der Waals surface area (Å²) in [5, 5.41) is 14.2. The summed E-state index contributed by atoms with van der Waals surface area (Å²) in [5.74, 6) is 1.73. The highest BCUT2D eigenvalue weighted by Crippen LogP contribution is 2.35. The number of anilines is 4. The summed E-state index contributed by atoms with van der Waals surface area (Å²) in [6.45, 7) is 3.22. The van der Waals surface area contributed by atoms with E-state index in [1.165, 1.54) is 12.1 Å². The Kier molecular flexibility index (Phi) is 6.11. The second-order valence-corrected chi connectivity index (χ2v) is 10.1. The third-order valence-electron chi connectivity index (χ3n) is 5.85. The van der Waals surface area contributed by atoms with Gasteiger partial charge in [-0.05, 0) is 37.0 Å². The number of benzene rings is 1. The first kappa shape index (κ1) is 22.5. The zero-order chi connectivity index (χ0) is 23.0. The van der Waals surface area contributed by atoms with Gasteiger partial charge >= 0.3 is 6.18 Å². The summed E-state index contributed by atoms with van der Waals surface area (Å²) in [6, 6.07) is 5.09. The molecule has 1 saturated heterocycles. The van der Waals surface area contributed by atoms with E-state index < -0.39 is 22.5 Å². The van der Waals surface area contributed by atoms with Gasteiger partial charge in [-0.3, -0.25) is 4.21 Å². The van der Waals surface area contributed by atoms with Gasteiger partial charge in [0.05, 0.1) is 16.4 Å². The fourth-order valence-electron chi connectivity index (χ4n) is 3.93. The number of nitrogens with one attached hydrogen (secondary N) is 3. The zero-order valence-corrected chi connectivity index (χ0v) is 18.6.